The van der Waals surface area contributed by atoms with Crippen molar-refractivity contribution in [2.75, 3.05) is 26.2 Å². The summed E-state index contributed by atoms with van der Waals surface area (Å²) in [6, 6.07) is 10.3. The zero-order chi connectivity index (χ0) is 15.1. The number of ether oxygens (including phenoxy) is 1. The van der Waals surface area contributed by atoms with E-state index in [1.807, 2.05) is 0 Å². The van der Waals surface area contributed by atoms with E-state index < -0.39 is 11.6 Å². The number of nitrogens with one attached hydrogen (secondary N) is 1. The zero-order valence-electron chi connectivity index (χ0n) is 11.6. The van der Waals surface area contributed by atoms with Crippen LogP contribution in [0, 0.1) is 11.6 Å². The summed E-state index contributed by atoms with van der Waals surface area (Å²) >= 11 is 0. The fourth-order valence-corrected chi connectivity index (χ4v) is 1.98. The van der Waals surface area contributed by atoms with Gasteiger partial charge in [-0.15, -0.1) is 0 Å². The van der Waals surface area contributed by atoms with Crippen molar-refractivity contribution in [1.82, 2.24) is 5.32 Å². The number of hydrogen-bond donors (Lipinski definition) is 2. The van der Waals surface area contributed by atoms with Crippen LogP contribution in [0.25, 0.3) is 11.1 Å². The van der Waals surface area contributed by atoms with E-state index in [9.17, 15) is 8.78 Å². The van der Waals surface area contributed by atoms with E-state index in [2.05, 4.69) is 5.32 Å². The lowest BCUT2D eigenvalue weighted by Crippen LogP contribution is -2.26. The maximum absolute atomic E-state index is 13.9. The molecule has 0 amide bonds. The molecule has 0 atom stereocenters. The van der Waals surface area contributed by atoms with E-state index in [-0.39, 0.29) is 0 Å². The summed E-state index contributed by atoms with van der Waals surface area (Å²) in [4.78, 5) is 0. The van der Waals surface area contributed by atoms with Gasteiger partial charge in [-0.05, 0) is 24.3 Å². The molecule has 0 saturated heterocycles. The van der Waals surface area contributed by atoms with Gasteiger partial charge < -0.3 is 15.8 Å². The second kappa shape index (κ2) is 7.71. The summed E-state index contributed by atoms with van der Waals surface area (Å²) in [6.07, 6.45) is 0. The highest BCUT2D eigenvalue weighted by molar-refractivity contribution is 5.70. The molecular formula is C16H18F2N2O. The van der Waals surface area contributed by atoms with Gasteiger partial charge in [-0.25, -0.2) is 8.78 Å². The Morgan fingerprint density at radius 2 is 1.81 bits per heavy atom. The van der Waals surface area contributed by atoms with Gasteiger partial charge in [0.1, 0.15) is 24.0 Å². The first kappa shape index (κ1) is 15.4. The molecule has 0 heterocycles. The molecule has 0 bridgehead atoms. The molecule has 0 aliphatic carbocycles. The average molecular weight is 292 g/mol. The summed E-state index contributed by atoms with van der Waals surface area (Å²) in [5, 5.41) is 3.09. The molecule has 0 aliphatic heterocycles. The molecule has 0 aliphatic rings. The lowest BCUT2D eigenvalue weighted by atomic mass is 10.0. The number of rotatable bonds is 7. The maximum Gasteiger partial charge on any atom is 0.131 e. The molecule has 112 valence electrons. The van der Waals surface area contributed by atoms with Crippen LogP contribution in [0.4, 0.5) is 8.78 Å². The van der Waals surface area contributed by atoms with Crippen molar-refractivity contribution in [2.24, 2.45) is 5.73 Å². The van der Waals surface area contributed by atoms with Gasteiger partial charge in [0.15, 0.2) is 0 Å². The second-order valence-electron chi connectivity index (χ2n) is 4.51. The summed E-state index contributed by atoms with van der Waals surface area (Å²) in [7, 11) is 0. The van der Waals surface area contributed by atoms with Crippen molar-refractivity contribution >= 4 is 0 Å². The van der Waals surface area contributed by atoms with E-state index in [0.29, 0.717) is 43.1 Å². The lowest BCUT2D eigenvalue weighted by Gasteiger charge is -2.13. The fraction of sp³-hybridized carbons (Fsp3) is 0.250. The second-order valence-corrected chi connectivity index (χ2v) is 4.51. The van der Waals surface area contributed by atoms with Crippen LogP contribution >= 0.6 is 0 Å². The van der Waals surface area contributed by atoms with E-state index in [1.165, 1.54) is 24.3 Å². The predicted molar refractivity (Wildman–Crippen MR) is 79.2 cm³/mol. The Kier molecular flexibility index (Phi) is 5.66. The number of hydrogen-bond acceptors (Lipinski definition) is 3. The van der Waals surface area contributed by atoms with Crippen LogP contribution in [0.3, 0.4) is 0 Å². The summed E-state index contributed by atoms with van der Waals surface area (Å²) in [5.41, 5.74) is 6.10. The van der Waals surface area contributed by atoms with E-state index in [4.69, 9.17) is 10.5 Å². The minimum Gasteiger partial charge on any atom is -0.492 e. The van der Waals surface area contributed by atoms with E-state index in [0.717, 1.165) is 0 Å². The van der Waals surface area contributed by atoms with Gasteiger partial charge in [-0.2, -0.15) is 0 Å². The largest absolute Gasteiger partial charge is 0.492 e. The molecule has 2 rings (SSSR count). The van der Waals surface area contributed by atoms with Crippen LogP contribution in [0.15, 0.2) is 42.5 Å². The molecule has 0 aromatic heterocycles. The minimum atomic E-state index is -0.429. The highest BCUT2D eigenvalue weighted by atomic mass is 19.1. The third-order valence-electron chi connectivity index (χ3n) is 2.96. The maximum atomic E-state index is 13.9. The number of halogens is 2. The van der Waals surface area contributed by atoms with Crippen LogP contribution in [-0.2, 0) is 0 Å². The van der Waals surface area contributed by atoms with Crippen LogP contribution in [-0.4, -0.2) is 26.2 Å². The Bertz CT molecular complexity index is 590. The van der Waals surface area contributed by atoms with Gasteiger partial charge in [0.05, 0.1) is 0 Å². The topological polar surface area (TPSA) is 47.3 Å². The number of nitrogens with two attached hydrogens (primary N) is 1. The van der Waals surface area contributed by atoms with Gasteiger partial charge in [-0.1, -0.05) is 18.2 Å². The Morgan fingerprint density at radius 3 is 2.57 bits per heavy atom. The van der Waals surface area contributed by atoms with E-state index >= 15 is 0 Å². The van der Waals surface area contributed by atoms with Crippen LogP contribution in [0.5, 0.6) is 5.75 Å². The van der Waals surface area contributed by atoms with Crippen molar-refractivity contribution in [2.45, 2.75) is 0 Å². The third kappa shape index (κ3) is 4.24. The molecule has 0 radical (unpaired) electrons. The normalized spacial score (nSPS) is 10.6. The molecular weight excluding hydrogens is 274 g/mol. The van der Waals surface area contributed by atoms with Crippen molar-refractivity contribution in [1.29, 1.82) is 0 Å². The van der Waals surface area contributed by atoms with Gasteiger partial charge in [0.2, 0.25) is 0 Å². The molecule has 21 heavy (non-hydrogen) atoms. The molecule has 0 unspecified atom stereocenters. The van der Waals surface area contributed by atoms with Crippen molar-refractivity contribution in [3.05, 3.63) is 54.1 Å². The van der Waals surface area contributed by atoms with Crippen LogP contribution < -0.4 is 15.8 Å². The van der Waals surface area contributed by atoms with Crippen LogP contribution in [0.2, 0.25) is 0 Å². The average Bonchev–Trinajstić information content (AvgIpc) is 2.49. The first-order chi connectivity index (χ1) is 10.2. The predicted octanol–water partition coefficient (Wildman–Crippen LogP) is 2.56. The molecule has 0 saturated carbocycles. The van der Waals surface area contributed by atoms with Crippen molar-refractivity contribution in [3.8, 4) is 16.9 Å². The van der Waals surface area contributed by atoms with Gasteiger partial charge in [0, 0.05) is 30.8 Å². The van der Waals surface area contributed by atoms with Crippen molar-refractivity contribution < 1.29 is 13.5 Å². The Morgan fingerprint density at radius 1 is 1.00 bits per heavy atom. The summed E-state index contributed by atoms with van der Waals surface area (Å²) in [6.45, 7) is 2.27. The molecule has 0 fully saturated rings. The van der Waals surface area contributed by atoms with Gasteiger partial charge >= 0.3 is 0 Å². The minimum absolute atomic E-state index is 0.321. The molecule has 5 heteroatoms. The van der Waals surface area contributed by atoms with E-state index in [1.54, 1.807) is 18.2 Å². The standard InChI is InChI=1S/C16H18F2N2O/c17-12-5-6-16(21-10-9-20-8-7-19)14(11-12)13-3-1-2-4-15(13)18/h1-6,11,20H,7-10,19H2. The first-order valence-electron chi connectivity index (χ1n) is 6.80. The SMILES string of the molecule is NCCNCCOc1ccc(F)cc1-c1ccccc1F. The lowest BCUT2D eigenvalue weighted by molar-refractivity contribution is 0.315. The Balaban J connectivity index is 2.16. The highest BCUT2D eigenvalue weighted by Gasteiger charge is 2.11. The van der Waals surface area contributed by atoms with Crippen molar-refractivity contribution in [3.63, 3.8) is 0 Å². The summed E-state index contributed by atoms with van der Waals surface area (Å²) in [5.74, 6) is -0.382. The monoisotopic (exact) mass is 292 g/mol. The van der Waals surface area contributed by atoms with Gasteiger partial charge in [-0.3, -0.25) is 0 Å². The molecule has 0 spiro atoms. The molecule has 3 nitrogen and oxygen atoms in total. The van der Waals surface area contributed by atoms with Crippen LogP contribution in [0.1, 0.15) is 0 Å². The quantitative estimate of drug-likeness (QED) is 0.771. The number of benzene rings is 2. The highest BCUT2D eigenvalue weighted by Crippen LogP contribution is 2.32. The Labute approximate surface area is 122 Å². The Hall–Kier alpha value is -1.98. The smallest absolute Gasteiger partial charge is 0.131 e. The molecule has 3 N–H and O–H groups in total. The summed E-state index contributed by atoms with van der Waals surface area (Å²) < 4.78 is 32.9. The third-order valence-corrected chi connectivity index (χ3v) is 2.96. The van der Waals surface area contributed by atoms with Gasteiger partial charge in [0.25, 0.3) is 0 Å². The molecule has 2 aromatic rings. The zero-order valence-corrected chi connectivity index (χ0v) is 11.6. The molecule has 2 aromatic carbocycles. The first-order valence-corrected chi connectivity index (χ1v) is 6.80. The fourth-order valence-electron chi connectivity index (χ4n) is 1.98.